The molecule has 13 heteroatoms. The Balaban J connectivity index is 1.36. The molecule has 0 spiro atoms. The molecule has 242 valence electrons. The van der Waals surface area contributed by atoms with Gasteiger partial charge in [-0.2, -0.15) is 28.4 Å². The molecule has 0 saturated carbocycles. The maximum atomic E-state index is 14.1. The Morgan fingerprint density at radius 2 is 1.87 bits per heavy atom. The minimum atomic E-state index is -4.52. The molecule has 1 amide bonds. The number of halogens is 4. The van der Waals surface area contributed by atoms with Crippen molar-refractivity contribution in [3.8, 4) is 12.1 Å². The zero-order chi connectivity index (χ0) is 32.6. The van der Waals surface area contributed by atoms with Crippen LogP contribution in [0.4, 0.5) is 29.1 Å². The van der Waals surface area contributed by atoms with Crippen molar-refractivity contribution in [2.75, 3.05) is 56.2 Å². The normalized spacial score (nSPS) is 20.5. The average molecular weight is 638 g/mol. The second-order valence-electron chi connectivity index (χ2n) is 12.1. The van der Waals surface area contributed by atoms with Gasteiger partial charge in [0.2, 0.25) is 0 Å². The van der Waals surface area contributed by atoms with Gasteiger partial charge in [0.15, 0.2) is 5.83 Å². The smallest absolute Gasteiger partial charge is 0.417 e. The van der Waals surface area contributed by atoms with Crippen molar-refractivity contribution in [1.29, 1.82) is 5.26 Å². The largest absolute Gasteiger partial charge is 0.462 e. The van der Waals surface area contributed by atoms with Crippen molar-refractivity contribution in [3.05, 3.63) is 65.6 Å². The summed E-state index contributed by atoms with van der Waals surface area (Å²) in [5.41, 5.74) is 1.26. The highest BCUT2D eigenvalue weighted by atomic mass is 19.4. The van der Waals surface area contributed by atoms with Crippen molar-refractivity contribution >= 4 is 28.2 Å². The van der Waals surface area contributed by atoms with E-state index < -0.39 is 29.5 Å². The number of ether oxygens (including phenoxy) is 1. The summed E-state index contributed by atoms with van der Waals surface area (Å²) >= 11 is 0. The molecule has 2 fully saturated rings. The Bertz CT molecular complexity index is 1690. The molecule has 3 aromatic rings. The van der Waals surface area contributed by atoms with E-state index >= 15 is 0 Å². The molecule has 0 unspecified atom stereocenters. The van der Waals surface area contributed by atoms with Gasteiger partial charge in [0.1, 0.15) is 12.4 Å². The number of piperazine rings is 1. The quantitative estimate of drug-likeness (QED) is 0.261. The Morgan fingerprint density at radius 3 is 2.57 bits per heavy atom. The molecule has 2 saturated heterocycles. The number of likely N-dealkylation sites (N-methyl/N-ethyl adjacent to an activating group) is 1. The van der Waals surface area contributed by atoms with Gasteiger partial charge in [-0.3, -0.25) is 4.79 Å². The number of alkyl halides is 3. The third-order valence-corrected chi connectivity index (χ3v) is 9.23. The molecule has 3 aliphatic rings. The first-order chi connectivity index (χ1) is 22.0. The fourth-order valence-corrected chi connectivity index (χ4v) is 6.85. The van der Waals surface area contributed by atoms with Gasteiger partial charge in [-0.15, -0.1) is 0 Å². The van der Waals surface area contributed by atoms with Crippen LogP contribution in [0, 0.1) is 11.3 Å². The number of anilines is 2. The molecule has 4 heterocycles. The summed E-state index contributed by atoms with van der Waals surface area (Å²) in [6, 6.07) is 11.2. The molecule has 9 nitrogen and oxygen atoms in total. The lowest BCUT2D eigenvalue weighted by molar-refractivity contribution is -0.136. The van der Waals surface area contributed by atoms with E-state index in [9.17, 15) is 27.6 Å². The lowest BCUT2D eigenvalue weighted by Gasteiger charge is -2.42. The molecule has 1 aromatic heterocycles. The molecule has 2 aromatic carbocycles. The summed E-state index contributed by atoms with van der Waals surface area (Å²) in [6.45, 7) is 5.88. The monoisotopic (exact) mass is 637 g/mol. The predicted molar refractivity (Wildman–Crippen MR) is 165 cm³/mol. The fourth-order valence-electron chi connectivity index (χ4n) is 6.85. The summed E-state index contributed by atoms with van der Waals surface area (Å²) in [6.07, 6.45) is -2.03. The number of hydrogen-bond donors (Lipinski definition) is 0. The molecular weight excluding hydrogens is 602 g/mol. The highest BCUT2D eigenvalue weighted by Crippen LogP contribution is 2.41. The van der Waals surface area contributed by atoms with Crippen LogP contribution in [0.25, 0.3) is 10.8 Å². The molecule has 6 rings (SSSR count). The average Bonchev–Trinajstić information content (AvgIpc) is 3.46. The van der Waals surface area contributed by atoms with Gasteiger partial charge >= 0.3 is 12.2 Å². The summed E-state index contributed by atoms with van der Waals surface area (Å²) in [7, 11) is 2.04. The van der Waals surface area contributed by atoms with Gasteiger partial charge in [-0.1, -0.05) is 30.8 Å². The maximum Gasteiger partial charge on any atom is 0.417 e. The van der Waals surface area contributed by atoms with Crippen molar-refractivity contribution in [1.82, 2.24) is 19.8 Å². The van der Waals surface area contributed by atoms with Gasteiger partial charge in [-0.25, -0.2) is 4.39 Å². The molecular formula is C33H35F4N7O2. The number of likely N-dealkylation sites (tertiary alicyclic amines) is 1. The van der Waals surface area contributed by atoms with E-state index in [2.05, 4.69) is 17.5 Å². The van der Waals surface area contributed by atoms with E-state index in [1.54, 1.807) is 24.3 Å². The van der Waals surface area contributed by atoms with Crippen LogP contribution in [0.15, 0.2) is 48.8 Å². The highest BCUT2D eigenvalue weighted by molar-refractivity contribution is 5.97. The summed E-state index contributed by atoms with van der Waals surface area (Å²) in [5, 5.41) is 10.1. The number of nitrogens with zero attached hydrogens (tertiary/aromatic N) is 7. The van der Waals surface area contributed by atoms with Crippen LogP contribution in [0.1, 0.15) is 36.1 Å². The second-order valence-corrected chi connectivity index (χ2v) is 12.1. The fraction of sp³-hybridized carbons (Fsp3) is 0.455. The first kappa shape index (κ1) is 31.5. The number of amides is 1. The van der Waals surface area contributed by atoms with E-state index in [0.717, 1.165) is 31.0 Å². The van der Waals surface area contributed by atoms with Crippen molar-refractivity contribution in [3.63, 3.8) is 0 Å². The van der Waals surface area contributed by atoms with Gasteiger partial charge in [-0.05, 0) is 50.4 Å². The van der Waals surface area contributed by atoms with Crippen LogP contribution in [0.5, 0.6) is 6.01 Å². The maximum absolute atomic E-state index is 14.1. The third kappa shape index (κ3) is 6.18. The highest BCUT2D eigenvalue weighted by Gasteiger charge is 2.37. The zero-order valence-electron chi connectivity index (χ0n) is 25.6. The Morgan fingerprint density at radius 1 is 1.09 bits per heavy atom. The van der Waals surface area contributed by atoms with Crippen molar-refractivity contribution in [2.24, 2.45) is 0 Å². The van der Waals surface area contributed by atoms with Gasteiger partial charge in [0, 0.05) is 48.9 Å². The van der Waals surface area contributed by atoms with Crippen LogP contribution >= 0.6 is 0 Å². The van der Waals surface area contributed by atoms with Crippen molar-refractivity contribution < 1.29 is 27.1 Å². The number of carbonyl (C=O) groups excluding carboxylic acids is 1. The zero-order valence-corrected chi connectivity index (χ0v) is 25.6. The number of nitriles is 1. The number of benzene rings is 2. The van der Waals surface area contributed by atoms with Crippen LogP contribution in [0.2, 0.25) is 0 Å². The third-order valence-electron chi connectivity index (χ3n) is 9.23. The molecule has 0 N–H and O–H groups in total. The standard InChI is InChI=1S/C33H35F4N7O2/c1-21(34)31(45)44-17-16-43(18-23(44)11-13-38)30-25-12-15-42(19-27(25)39-32(40-30)46-20-24-8-5-14-41(24)2)28-10-4-7-22-6-3-9-26(29(22)28)33(35,36)37/h3-4,6-7,9-10,23-24H,1,5,8,11-12,14-20H2,2H3/t23-,24-/m0/s1. The predicted octanol–water partition coefficient (Wildman–Crippen LogP) is 5.10. The van der Waals surface area contributed by atoms with Gasteiger partial charge < -0.3 is 24.3 Å². The van der Waals surface area contributed by atoms with Gasteiger partial charge in [0.25, 0.3) is 5.91 Å². The SMILES string of the molecule is C=C(F)C(=O)N1CCN(c2nc(OC[C@@H]3CCCN3C)nc3c2CCN(c2cccc4cccc(C(F)(F)F)c24)C3)C[C@@H]1CC#N. The molecule has 2 atom stereocenters. The van der Waals surface area contributed by atoms with Crippen LogP contribution < -0.4 is 14.5 Å². The molecule has 3 aliphatic heterocycles. The summed E-state index contributed by atoms with van der Waals surface area (Å²) < 4.78 is 62.4. The molecule has 0 bridgehead atoms. The topological polar surface area (TPSA) is 88.8 Å². The van der Waals surface area contributed by atoms with E-state index in [0.29, 0.717) is 48.7 Å². The Kier molecular flexibility index (Phi) is 8.74. The van der Waals surface area contributed by atoms with Crippen molar-refractivity contribution in [2.45, 2.75) is 50.5 Å². The van der Waals surface area contributed by atoms with E-state index in [4.69, 9.17) is 14.7 Å². The van der Waals surface area contributed by atoms with Crippen LogP contribution in [-0.2, 0) is 23.9 Å². The molecule has 0 aliphatic carbocycles. The summed E-state index contributed by atoms with van der Waals surface area (Å²) in [4.78, 5) is 29.5. The van der Waals surface area contributed by atoms with E-state index in [1.807, 2.05) is 16.8 Å². The lowest BCUT2D eigenvalue weighted by atomic mass is 9.98. The lowest BCUT2D eigenvalue weighted by Crippen LogP contribution is -2.55. The Labute approximate surface area is 264 Å². The first-order valence-electron chi connectivity index (χ1n) is 15.4. The number of hydrogen-bond acceptors (Lipinski definition) is 8. The number of fused-ring (bicyclic) bond motifs is 2. The Hall–Kier alpha value is -4.44. The second kappa shape index (κ2) is 12.7. The minimum absolute atomic E-state index is 0.00341. The van der Waals surface area contributed by atoms with E-state index in [1.165, 1.54) is 11.0 Å². The molecule has 46 heavy (non-hydrogen) atoms. The number of aromatic nitrogens is 2. The van der Waals surface area contributed by atoms with Gasteiger partial charge in [0.05, 0.1) is 36.3 Å². The first-order valence-corrected chi connectivity index (χ1v) is 15.4. The van der Waals surface area contributed by atoms with E-state index in [-0.39, 0.29) is 43.5 Å². The molecule has 0 radical (unpaired) electrons. The number of rotatable bonds is 7. The number of carbonyl (C=O) groups is 1. The minimum Gasteiger partial charge on any atom is -0.462 e. The summed E-state index contributed by atoms with van der Waals surface area (Å²) in [5.74, 6) is -1.31. The van der Waals surface area contributed by atoms with Crippen LogP contribution in [0.3, 0.4) is 0 Å². The van der Waals surface area contributed by atoms with Crippen LogP contribution in [-0.4, -0.2) is 84.1 Å².